The number of benzene rings is 3. The van der Waals surface area contributed by atoms with Gasteiger partial charge in [-0.2, -0.15) is 0 Å². The summed E-state index contributed by atoms with van der Waals surface area (Å²) in [4.78, 5) is 29.4. The molecule has 0 aliphatic rings. The molecule has 0 fully saturated rings. The Labute approximate surface area is 194 Å². The molecule has 0 aliphatic carbocycles. The van der Waals surface area contributed by atoms with Crippen molar-refractivity contribution in [2.75, 3.05) is 0 Å². The van der Waals surface area contributed by atoms with Crippen LogP contribution in [0.5, 0.6) is 0 Å². The maximum absolute atomic E-state index is 14.5. The topological polar surface area (TPSA) is 103 Å². The van der Waals surface area contributed by atoms with Crippen molar-refractivity contribution in [1.82, 2.24) is 9.97 Å². The highest BCUT2D eigenvalue weighted by Crippen LogP contribution is 2.34. The van der Waals surface area contributed by atoms with Gasteiger partial charge in [0.1, 0.15) is 11.6 Å². The number of carboxylic acids is 2. The molecule has 0 amide bonds. The molecule has 34 heavy (non-hydrogen) atoms. The Morgan fingerprint density at radius 2 is 1.29 bits per heavy atom. The summed E-state index contributed by atoms with van der Waals surface area (Å²) in [6, 6.07) is 20.7. The minimum Gasteiger partial charge on any atom is -0.478 e. The number of H-pyrrole nitrogens is 1. The van der Waals surface area contributed by atoms with E-state index in [1.165, 1.54) is 18.2 Å². The molecular formula is C27H19FN2O4. The zero-order valence-electron chi connectivity index (χ0n) is 17.8. The number of hydrogen-bond donors (Lipinski definition) is 3. The molecule has 4 rings (SSSR count). The largest absolute Gasteiger partial charge is 0.478 e. The molecule has 6 nitrogen and oxygen atoms in total. The molecule has 0 aliphatic heterocycles. The van der Waals surface area contributed by atoms with E-state index in [-0.39, 0.29) is 0 Å². The first-order valence-corrected chi connectivity index (χ1v) is 10.3. The van der Waals surface area contributed by atoms with Gasteiger partial charge in [-0.15, -0.1) is 0 Å². The van der Waals surface area contributed by atoms with Crippen LogP contribution >= 0.6 is 0 Å². The minimum absolute atomic E-state index is 0.331. The van der Waals surface area contributed by atoms with E-state index in [0.29, 0.717) is 28.3 Å². The average Bonchev–Trinajstić information content (AvgIpc) is 3.27. The Bertz CT molecular complexity index is 1320. The van der Waals surface area contributed by atoms with Crippen molar-refractivity contribution in [2.45, 2.75) is 0 Å². The summed E-state index contributed by atoms with van der Waals surface area (Å²) in [5, 5.41) is 17.6. The van der Waals surface area contributed by atoms with Gasteiger partial charge >= 0.3 is 11.9 Å². The van der Waals surface area contributed by atoms with Gasteiger partial charge in [0.05, 0.1) is 17.0 Å². The number of carboxylic acid groups (broad SMARTS) is 2. The van der Waals surface area contributed by atoms with Gasteiger partial charge in [0.2, 0.25) is 0 Å². The summed E-state index contributed by atoms with van der Waals surface area (Å²) < 4.78 is 14.5. The second-order valence-electron chi connectivity index (χ2n) is 7.38. The number of carbonyl (C=O) groups is 2. The highest BCUT2D eigenvalue weighted by atomic mass is 19.1. The maximum atomic E-state index is 14.5. The Morgan fingerprint density at radius 3 is 1.82 bits per heavy atom. The summed E-state index contributed by atoms with van der Waals surface area (Å²) in [7, 11) is 0. The Hall–Kier alpha value is -4.78. The van der Waals surface area contributed by atoms with Gasteiger partial charge < -0.3 is 15.2 Å². The van der Waals surface area contributed by atoms with E-state index >= 15 is 0 Å². The van der Waals surface area contributed by atoms with E-state index in [0.717, 1.165) is 28.8 Å². The van der Waals surface area contributed by atoms with Crippen molar-refractivity contribution in [2.24, 2.45) is 0 Å². The highest BCUT2D eigenvalue weighted by molar-refractivity contribution is 5.87. The highest BCUT2D eigenvalue weighted by Gasteiger charge is 2.17. The molecule has 0 bridgehead atoms. The van der Waals surface area contributed by atoms with Gasteiger partial charge in [0.15, 0.2) is 0 Å². The zero-order valence-corrected chi connectivity index (χ0v) is 17.8. The summed E-state index contributed by atoms with van der Waals surface area (Å²) in [6.07, 6.45) is 5.11. The Kier molecular flexibility index (Phi) is 6.45. The van der Waals surface area contributed by atoms with Crippen molar-refractivity contribution < 1.29 is 24.2 Å². The molecular weight excluding hydrogens is 435 g/mol. The maximum Gasteiger partial charge on any atom is 0.328 e. The first-order valence-electron chi connectivity index (χ1n) is 10.3. The standard InChI is InChI=1S/C27H19FN2O4/c28-22-4-2-1-3-21(22)27-29-25(19-11-5-17(6-12-19)9-15-23(31)32)26(30-27)20-13-7-18(8-14-20)10-16-24(33)34/h1-16H,(H,29,30)(H,31,32)(H,33,34)/b15-9+,16-10+. The van der Waals surface area contributed by atoms with E-state index in [9.17, 15) is 14.0 Å². The monoisotopic (exact) mass is 454 g/mol. The molecule has 3 N–H and O–H groups in total. The SMILES string of the molecule is O=C(O)/C=C/c1ccc(-c2nc(-c3ccccc3F)[nH]c2-c2ccc(/C=C/C(=O)O)cc2)cc1. The first-order chi connectivity index (χ1) is 16.4. The number of imidazole rings is 1. The van der Waals surface area contributed by atoms with Gasteiger partial charge in [0, 0.05) is 23.3 Å². The number of halogens is 1. The lowest BCUT2D eigenvalue weighted by atomic mass is 10.0. The van der Waals surface area contributed by atoms with Gasteiger partial charge in [-0.1, -0.05) is 60.7 Å². The molecule has 7 heteroatoms. The Balaban J connectivity index is 1.78. The molecule has 0 saturated heterocycles. The van der Waals surface area contributed by atoms with Gasteiger partial charge in [0.25, 0.3) is 0 Å². The molecule has 1 aromatic heterocycles. The molecule has 1 heterocycles. The fraction of sp³-hybridized carbons (Fsp3) is 0. The second kappa shape index (κ2) is 9.79. The van der Waals surface area contributed by atoms with E-state index in [1.54, 1.807) is 42.5 Å². The predicted octanol–water partition coefficient (Wildman–Crippen LogP) is 5.75. The van der Waals surface area contributed by atoms with Crippen LogP contribution in [0.15, 0.2) is 84.9 Å². The molecule has 0 saturated carbocycles. The number of aromatic amines is 1. The van der Waals surface area contributed by atoms with Crippen LogP contribution in [0.1, 0.15) is 11.1 Å². The zero-order chi connectivity index (χ0) is 24.1. The second-order valence-corrected chi connectivity index (χ2v) is 7.38. The number of aromatic nitrogens is 2. The van der Waals surface area contributed by atoms with E-state index in [4.69, 9.17) is 10.2 Å². The van der Waals surface area contributed by atoms with Crippen molar-refractivity contribution in [3.8, 4) is 33.9 Å². The fourth-order valence-electron chi connectivity index (χ4n) is 3.42. The van der Waals surface area contributed by atoms with E-state index in [1.807, 2.05) is 24.3 Å². The predicted molar refractivity (Wildman–Crippen MR) is 128 cm³/mol. The minimum atomic E-state index is -1.03. The van der Waals surface area contributed by atoms with Crippen LogP contribution in [0.4, 0.5) is 4.39 Å². The number of aliphatic carboxylic acids is 2. The van der Waals surface area contributed by atoms with Crippen LogP contribution in [-0.4, -0.2) is 32.1 Å². The fourth-order valence-corrected chi connectivity index (χ4v) is 3.42. The number of nitrogens with zero attached hydrogens (tertiary/aromatic N) is 1. The number of nitrogens with one attached hydrogen (secondary N) is 1. The van der Waals surface area contributed by atoms with Crippen LogP contribution < -0.4 is 0 Å². The normalized spacial score (nSPS) is 11.3. The lowest BCUT2D eigenvalue weighted by molar-refractivity contribution is -0.132. The van der Waals surface area contributed by atoms with Crippen LogP contribution in [0, 0.1) is 5.82 Å². The van der Waals surface area contributed by atoms with Crippen molar-refractivity contribution in [3.63, 3.8) is 0 Å². The van der Waals surface area contributed by atoms with Gasteiger partial charge in [-0.05, 0) is 35.4 Å². The van der Waals surface area contributed by atoms with Crippen molar-refractivity contribution in [3.05, 3.63) is 102 Å². The van der Waals surface area contributed by atoms with Crippen molar-refractivity contribution >= 4 is 24.1 Å². The molecule has 0 atom stereocenters. The van der Waals surface area contributed by atoms with E-state index in [2.05, 4.69) is 9.97 Å². The third-order valence-corrected chi connectivity index (χ3v) is 5.05. The molecule has 4 aromatic rings. The summed E-state index contributed by atoms with van der Waals surface area (Å²) in [6.45, 7) is 0. The summed E-state index contributed by atoms with van der Waals surface area (Å²) >= 11 is 0. The molecule has 168 valence electrons. The van der Waals surface area contributed by atoms with Crippen LogP contribution in [0.25, 0.3) is 46.1 Å². The van der Waals surface area contributed by atoms with Crippen molar-refractivity contribution in [1.29, 1.82) is 0 Å². The van der Waals surface area contributed by atoms with Crippen LogP contribution in [0.3, 0.4) is 0 Å². The van der Waals surface area contributed by atoms with Crippen LogP contribution in [-0.2, 0) is 9.59 Å². The van der Waals surface area contributed by atoms with E-state index < -0.39 is 17.8 Å². The quantitative estimate of drug-likeness (QED) is 0.309. The lowest BCUT2D eigenvalue weighted by Crippen LogP contribution is -1.87. The smallest absolute Gasteiger partial charge is 0.328 e. The first kappa shape index (κ1) is 22.4. The van der Waals surface area contributed by atoms with Gasteiger partial charge in [-0.3, -0.25) is 0 Å². The lowest BCUT2D eigenvalue weighted by Gasteiger charge is -2.05. The Morgan fingerprint density at radius 1 is 0.765 bits per heavy atom. The average molecular weight is 454 g/mol. The molecule has 3 aromatic carbocycles. The third-order valence-electron chi connectivity index (χ3n) is 5.05. The van der Waals surface area contributed by atoms with Crippen LogP contribution in [0.2, 0.25) is 0 Å². The number of rotatable bonds is 7. The third kappa shape index (κ3) is 5.16. The molecule has 0 spiro atoms. The van der Waals surface area contributed by atoms with Gasteiger partial charge in [-0.25, -0.2) is 19.0 Å². The number of hydrogen-bond acceptors (Lipinski definition) is 3. The molecule has 0 unspecified atom stereocenters. The summed E-state index contributed by atoms with van der Waals surface area (Å²) in [5.41, 5.74) is 4.57. The molecule has 0 radical (unpaired) electrons. The summed E-state index contributed by atoms with van der Waals surface area (Å²) in [5.74, 6) is -2.10.